The Morgan fingerprint density at radius 3 is 2.70 bits per heavy atom. The van der Waals surface area contributed by atoms with Crippen molar-refractivity contribution in [1.29, 1.82) is 0 Å². The lowest BCUT2D eigenvalue weighted by atomic mass is 9.97. The lowest BCUT2D eigenvalue weighted by Crippen LogP contribution is -2.64. The normalized spacial score (nSPS) is 36.8. The quantitative estimate of drug-likeness (QED) is 0.682. The van der Waals surface area contributed by atoms with Gasteiger partial charge in [-0.25, -0.2) is 0 Å². The van der Waals surface area contributed by atoms with Crippen LogP contribution in [0.5, 0.6) is 5.75 Å². The standard InChI is InChI=1S/C16H21NO6/c1-16(2)21-8-11-14(23-16)12(19)13(20)15(22-11)17-7-9-5-3-4-6-10(9)18/h3-7,11-15,18-20H,8H2,1-2H3/b17-7+/t11-,12-,13-,14-,15-/m1/s1. The number of nitrogens with zero attached hydrogens (tertiary/aromatic N) is 1. The molecule has 2 fully saturated rings. The van der Waals surface area contributed by atoms with Crippen LogP contribution in [0.3, 0.4) is 0 Å². The van der Waals surface area contributed by atoms with E-state index in [-0.39, 0.29) is 12.4 Å². The van der Waals surface area contributed by atoms with Gasteiger partial charge in [0, 0.05) is 11.8 Å². The molecule has 2 saturated heterocycles. The van der Waals surface area contributed by atoms with Crippen LogP contribution in [0, 0.1) is 0 Å². The van der Waals surface area contributed by atoms with E-state index in [4.69, 9.17) is 14.2 Å². The summed E-state index contributed by atoms with van der Waals surface area (Å²) in [4.78, 5) is 4.14. The van der Waals surface area contributed by atoms with Gasteiger partial charge < -0.3 is 29.5 Å². The number of phenols is 1. The van der Waals surface area contributed by atoms with Gasteiger partial charge >= 0.3 is 0 Å². The van der Waals surface area contributed by atoms with Gasteiger partial charge in [0.2, 0.25) is 0 Å². The third-order valence-corrected chi connectivity index (χ3v) is 3.97. The minimum Gasteiger partial charge on any atom is -0.507 e. The molecule has 0 bridgehead atoms. The predicted octanol–water partition coefficient (Wildman–Crippen LogP) is 0.409. The average molecular weight is 323 g/mol. The molecule has 0 saturated carbocycles. The van der Waals surface area contributed by atoms with Crippen molar-refractivity contribution in [1.82, 2.24) is 0 Å². The lowest BCUT2D eigenvalue weighted by Gasteiger charge is -2.47. The van der Waals surface area contributed by atoms with Gasteiger partial charge in [-0.05, 0) is 26.0 Å². The zero-order valence-electron chi connectivity index (χ0n) is 13.0. The lowest BCUT2D eigenvalue weighted by molar-refractivity contribution is -0.356. The molecule has 1 aromatic rings. The van der Waals surface area contributed by atoms with E-state index in [1.807, 2.05) is 0 Å². The van der Waals surface area contributed by atoms with Crippen molar-refractivity contribution in [3.05, 3.63) is 29.8 Å². The molecule has 3 N–H and O–H groups in total. The Hall–Kier alpha value is -1.51. The van der Waals surface area contributed by atoms with Crippen molar-refractivity contribution in [2.24, 2.45) is 4.99 Å². The number of para-hydroxylation sites is 1. The summed E-state index contributed by atoms with van der Waals surface area (Å²) < 4.78 is 16.8. The summed E-state index contributed by atoms with van der Waals surface area (Å²) in [6, 6.07) is 6.68. The molecule has 5 atom stereocenters. The highest BCUT2D eigenvalue weighted by atomic mass is 16.7. The van der Waals surface area contributed by atoms with Gasteiger partial charge in [-0.1, -0.05) is 12.1 Å². The highest BCUT2D eigenvalue weighted by Gasteiger charge is 2.50. The average Bonchev–Trinajstić information content (AvgIpc) is 2.51. The molecule has 2 heterocycles. The maximum Gasteiger partial charge on any atom is 0.177 e. The second-order valence-corrected chi connectivity index (χ2v) is 6.18. The smallest absolute Gasteiger partial charge is 0.177 e. The van der Waals surface area contributed by atoms with Gasteiger partial charge in [0.05, 0.1) is 6.61 Å². The van der Waals surface area contributed by atoms with E-state index in [9.17, 15) is 15.3 Å². The zero-order valence-corrected chi connectivity index (χ0v) is 13.0. The maximum absolute atomic E-state index is 10.3. The monoisotopic (exact) mass is 323 g/mol. The van der Waals surface area contributed by atoms with E-state index < -0.39 is 36.4 Å². The predicted molar refractivity (Wildman–Crippen MR) is 81.3 cm³/mol. The van der Waals surface area contributed by atoms with Crippen molar-refractivity contribution in [3.8, 4) is 5.75 Å². The number of phenolic OH excluding ortho intramolecular Hbond substituents is 1. The van der Waals surface area contributed by atoms with Crippen LogP contribution in [0.1, 0.15) is 19.4 Å². The van der Waals surface area contributed by atoms with Crippen molar-refractivity contribution in [2.75, 3.05) is 6.61 Å². The van der Waals surface area contributed by atoms with E-state index in [0.29, 0.717) is 5.56 Å². The molecule has 0 amide bonds. The molecule has 0 spiro atoms. The Labute approximate surface area is 134 Å². The van der Waals surface area contributed by atoms with Crippen LogP contribution >= 0.6 is 0 Å². The Bertz CT molecular complexity index is 588. The first-order chi connectivity index (χ1) is 10.9. The Balaban J connectivity index is 1.74. The fraction of sp³-hybridized carbons (Fsp3) is 0.562. The fourth-order valence-electron chi connectivity index (χ4n) is 2.72. The number of ether oxygens (including phenoxy) is 3. The first-order valence-electron chi connectivity index (χ1n) is 7.52. The molecular formula is C16H21NO6. The molecule has 23 heavy (non-hydrogen) atoms. The van der Waals surface area contributed by atoms with Gasteiger partial charge in [-0.2, -0.15) is 0 Å². The molecule has 126 valence electrons. The molecule has 0 aliphatic carbocycles. The second-order valence-electron chi connectivity index (χ2n) is 6.18. The van der Waals surface area contributed by atoms with Crippen LogP contribution in [0.4, 0.5) is 0 Å². The van der Waals surface area contributed by atoms with Crippen molar-refractivity contribution in [2.45, 2.75) is 50.3 Å². The molecule has 0 unspecified atom stereocenters. The number of benzene rings is 1. The number of hydrogen-bond acceptors (Lipinski definition) is 7. The number of aromatic hydroxyl groups is 1. The summed E-state index contributed by atoms with van der Waals surface area (Å²) in [5.74, 6) is -0.761. The first kappa shape index (κ1) is 16.4. The van der Waals surface area contributed by atoms with Gasteiger partial charge in [-0.15, -0.1) is 0 Å². The highest BCUT2D eigenvalue weighted by Crippen LogP contribution is 2.32. The van der Waals surface area contributed by atoms with Crippen LogP contribution in [-0.2, 0) is 14.2 Å². The second kappa shape index (κ2) is 6.18. The molecule has 0 radical (unpaired) electrons. The Morgan fingerprint density at radius 1 is 1.22 bits per heavy atom. The third-order valence-electron chi connectivity index (χ3n) is 3.97. The van der Waals surface area contributed by atoms with Gasteiger partial charge in [-0.3, -0.25) is 4.99 Å². The van der Waals surface area contributed by atoms with Crippen LogP contribution < -0.4 is 0 Å². The maximum atomic E-state index is 10.3. The largest absolute Gasteiger partial charge is 0.507 e. The van der Waals surface area contributed by atoms with Crippen molar-refractivity contribution < 1.29 is 29.5 Å². The van der Waals surface area contributed by atoms with Crippen LogP contribution in [-0.4, -0.2) is 64.6 Å². The summed E-state index contributed by atoms with van der Waals surface area (Å²) in [5, 5.41) is 30.2. The summed E-state index contributed by atoms with van der Waals surface area (Å²) in [6.45, 7) is 3.72. The molecule has 2 aliphatic rings. The van der Waals surface area contributed by atoms with Gasteiger partial charge in [0.25, 0.3) is 0 Å². The topological polar surface area (TPSA) is 101 Å². The highest BCUT2D eigenvalue weighted by molar-refractivity contribution is 5.83. The number of aliphatic imine (C=N–C) groups is 1. The van der Waals surface area contributed by atoms with Crippen LogP contribution in [0.15, 0.2) is 29.3 Å². The number of fused-ring (bicyclic) bond motifs is 1. The molecular weight excluding hydrogens is 302 g/mol. The van der Waals surface area contributed by atoms with E-state index in [2.05, 4.69) is 4.99 Å². The van der Waals surface area contributed by atoms with Gasteiger partial charge in [0.1, 0.15) is 30.2 Å². The number of hydrogen-bond donors (Lipinski definition) is 3. The molecule has 7 nitrogen and oxygen atoms in total. The van der Waals surface area contributed by atoms with E-state index in [1.165, 1.54) is 12.3 Å². The van der Waals surface area contributed by atoms with E-state index in [1.54, 1.807) is 32.0 Å². The van der Waals surface area contributed by atoms with E-state index >= 15 is 0 Å². The minimum absolute atomic E-state index is 0.0751. The molecule has 0 aromatic heterocycles. The zero-order chi connectivity index (χ0) is 16.6. The van der Waals surface area contributed by atoms with Crippen molar-refractivity contribution >= 4 is 6.21 Å². The SMILES string of the molecule is CC1(C)OC[C@H]2O[C@@H](/N=C/c3ccccc3O)[C@H](O)[C@@H](O)[C@@H]2O1. The summed E-state index contributed by atoms with van der Waals surface area (Å²) in [5.41, 5.74) is 0.497. The molecule has 2 aliphatic heterocycles. The summed E-state index contributed by atoms with van der Waals surface area (Å²) in [7, 11) is 0. The molecule has 7 heteroatoms. The Morgan fingerprint density at radius 2 is 1.96 bits per heavy atom. The van der Waals surface area contributed by atoms with E-state index in [0.717, 1.165) is 0 Å². The minimum atomic E-state index is -1.23. The van der Waals surface area contributed by atoms with Gasteiger partial charge in [0.15, 0.2) is 12.0 Å². The number of rotatable bonds is 2. The number of aliphatic hydroxyl groups excluding tert-OH is 2. The summed E-state index contributed by atoms with van der Waals surface area (Å²) in [6.07, 6.45) is -3.11. The molecule has 3 rings (SSSR count). The number of aliphatic hydroxyl groups is 2. The fourth-order valence-corrected chi connectivity index (χ4v) is 2.72. The first-order valence-corrected chi connectivity index (χ1v) is 7.52. The molecule has 1 aromatic carbocycles. The van der Waals surface area contributed by atoms with Crippen molar-refractivity contribution in [3.63, 3.8) is 0 Å². The third kappa shape index (κ3) is 3.39. The van der Waals surface area contributed by atoms with Crippen LogP contribution in [0.25, 0.3) is 0 Å². The Kier molecular flexibility index (Phi) is 4.39. The van der Waals surface area contributed by atoms with Crippen LogP contribution in [0.2, 0.25) is 0 Å². The summed E-state index contributed by atoms with van der Waals surface area (Å²) >= 11 is 0.